The van der Waals surface area contributed by atoms with E-state index < -0.39 is 29.4 Å². The van der Waals surface area contributed by atoms with Crippen molar-refractivity contribution in [2.45, 2.75) is 26.2 Å². The van der Waals surface area contributed by atoms with Crippen LogP contribution in [0, 0.1) is 30.4 Å². The fourth-order valence-corrected chi connectivity index (χ4v) is 2.76. The van der Waals surface area contributed by atoms with Gasteiger partial charge in [-0.2, -0.15) is 0 Å². The highest BCUT2D eigenvalue weighted by Gasteiger charge is 2.33. The van der Waals surface area contributed by atoms with Gasteiger partial charge >= 0.3 is 5.97 Å². The van der Waals surface area contributed by atoms with Crippen molar-refractivity contribution in [3.05, 3.63) is 34.9 Å². The lowest BCUT2D eigenvalue weighted by Crippen LogP contribution is -2.33. The number of amides is 1. The van der Waals surface area contributed by atoms with E-state index >= 15 is 0 Å². The second kappa shape index (κ2) is 6.20. The zero-order chi connectivity index (χ0) is 15.6. The Balaban J connectivity index is 2.02. The standard InChI is InChI=1S/C15H17F2NO3/c1-8-5-11(13(17)6-12(8)16)14(19)18-7-9-3-2-4-10(9)15(20)21/h5-6,9-10H,2-4,7H2,1H3,(H,18,19)(H,20,21). The van der Waals surface area contributed by atoms with Crippen LogP contribution in [-0.4, -0.2) is 23.5 Å². The minimum atomic E-state index is -0.920. The van der Waals surface area contributed by atoms with Gasteiger partial charge in [0.2, 0.25) is 0 Å². The van der Waals surface area contributed by atoms with Crippen LogP contribution in [0.25, 0.3) is 0 Å². The summed E-state index contributed by atoms with van der Waals surface area (Å²) in [5, 5.41) is 11.6. The number of carbonyl (C=O) groups excluding carboxylic acids is 1. The van der Waals surface area contributed by atoms with Gasteiger partial charge in [-0.1, -0.05) is 6.42 Å². The summed E-state index contributed by atoms with van der Waals surface area (Å²) in [5.74, 6) is -3.74. The maximum Gasteiger partial charge on any atom is 0.306 e. The molecule has 2 unspecified atom stereocenters. The molecule has 0 heterocycles. The third-order valence-electron chi connectivity index (χ3n) is 3.99. The molecule has 2 atom stereocenters. The molecule has 1 fully saturated rings. The topological polar surface area (TPSA) is 66.4 Å². The summed E-state index contributed by atoms with van der Waals surface area (Å²) < 4.78 is 26.7. The molecule has 21 heavy (non-hydrogen) atoms. The van der Waals surface area contributed by atoms with E-state index in [9.17, 15) is 18.4 Å². The molecule has 1 aromatic carbocycles. The molecule has 1 aromatic rings. The van der Waals surface area contributed by atoms with Gasteiger partial charge in [0.15, 0.2) is 0 Å². The van der Waals surface area contributed by atoms with Crippen LogP contribution in [0.5, 0.6) is 0 Å². The van der Waals surface area contributed by atoms with E-state index in [1.165, 1.54) is 6.92 Å². The Morgan fingerprint density at radius 2 is 2.00 bits per heavy atom. The van der Waals surface area contributed by atoms with Gasteiger partial charge in [0.1, 0.15) is 11.6 Å². The number of nitrogens with one attached hydrogen (secondary N) is 1. The monoisotopic (exact) mass is 297 g/mol. The average Bonchev–Trinajstić information content (AvgIpc) is 2.88. The number of aliphatic carboxylic acids is 1. The Labute approximate surface area is 121 Å². The molecule has 6 heteroatoms. The van der Waals surface area contributed by atoms with Crippen LogP contribution in [0.1, 0.15) is 35.2 Å². The maximum atomic E-state index is 13.6. The van der Waals surface area contributed by atoms with Crippen molar-refractivity contribution in [2.75, 3.05) is 6.54 Å². The first-order valence-electron chi connectivity index (χ1n) is 6.86. The molecule has 114 valence electrons. The summed E-state index contributed by atoms with van der Waals surface area (Å²) >= 11 is 0. The molecule has 0 spiro atoms. The van der Waals surface area contributed by atoms with E-state index in [1.54, 1.807) is 0 Å². The maximum absolute atomic E-state index is 13.6. The molecule has 0 aromatic heterocycles. The zero-order valence-electron chi connectivity index (χ0n) is 11.7. The molecular formula is C15H17F2NO3. The summed E-state index contributed by atoms with van der Waals surface area (Å²) in [4.78, 5) is 23.0. The molecule has 0 bridgehead atoms. The van der Waals surface area contributed by atoms with E-state index in [1.807, 2.05) is 0 Å². The number of hydrogen-bond acceptors (Lipinski definition) is 2. The average molecular weight is 297 g/mol. The van der Waals surface area contributed by atoms with Crippen molar-refractivity contribution in [3.63, 3.8) is 0 Å². The lowest BCUT2D eigenvalue weighted by molar-refractivity contribution is -0.142. The lowest BCUT2D eigenvalue weighted by Gasteiger charge is -2.16. The van der Waals surface area contributed by atoms with E-state index in [0.29, 0.717) is 12.5 Å². The van der Waals surface area contributed by atoms with Crippen LogP contribution in [0.15, 0.2) is 12.1 Å². The van der Waals surface area contributed by atoms with Crippen LogP contribution < -0.4 is 5.32 Å². The van der Waals surface area contributed by atoms with Crippen molar-refractivity contribution in [3.8, 4) is 0 Å². The summed E-state index contributed by atoms with van der Waals surface area (Å²) in [6.07, 6.45) is 2.13. The van der Waals surface area contributed by atoms with Crippen LogP contribution >= 0.6 is 0 Å². The second-order valence-electron chi connectivity index (χ2n) is 5.43. The molecule has 2 rings (SSSR count). The molecular weight excluding hydrogens is 280 g/mol. The quantitative estimate of drug-likeness (QED) is 0.897. The van der Waals surface area contributed by atoms with E-state index in [-0.39, 0.29) is 23.6 Å². The van der Waals surface area contributed by atoms with Gasteiger partial charge < -0.3 is 10.4 Å². The fourth-order valence-electron chi connectivity index (χ4n) is 2.76. The third-order valence-corrected chi connectivity index (χ3v) is 3.99. The normalized spacial score (nSPS) is 21.3. The summed E-state index contributed by atoms with van der Waals surface area (Å²) in [5.41, 5.74) is -0.0374. The van der Waals surface area contributed by atoms with Crippen molar-refractivity contribution >= 4 is 11.9 Å². The van der Waals surface area contributed by atoms with Gasteiger partial charge in [-0.3, -0.25) is 9.59 Å². The Morgan fingerprint density at radius 3 is 2.67 bits per heavy atom. The van der Waals surface area contributed by atoms with Crippen molar-refractivity contribution < 1.29 is 23.5 Å². The molecule has 1 aliphatic rings. The van der Waals surface area contributed by atoms with Crippen LogP contribution in [0.3, 0.4) is 0 Å². The highest BCUT2D eigenvalue weighted by Crippen LogP contribution is 2.31. The number of halogens is 2. The lowest BCUT2D eigenvalue weighted by atomic mass is 9.96. The number of benzene rings is 1. The minimum Gasteiger partial charge on any atom is -0.481 e. The van der Waals surface area contributed by atoms with Gasteiger partial charge in [0.05, 0.1) is 11.5 Å². The predicted octanol–water partition coefficient (Wildman–Crippen LogP) is 2.50. The van der Waals surface area contributed by atoms with E-state index in [2.05, 4.69) is 5.32 Å². The van der Waals surface area contributed by atoms with Crippen LogP contribution in [-0.2, 0) is 4.79 Å². The van der Waals surface area contributed by atoms with Crippen LogP contribution in [0.4, 0.5) is 8.78 Å². The van der Waals surface area contributed by atoms with Gasteiger partial charge in [0, 0.05) is 12.6 Å². The van der Waals surface area contributed by atoms with Crippen molar-refractivity contribution in [1.82, 2.24) is 5.32 Å². The van der Waals surface area contributed by atoms with Gasteiger partial charge in [-0.15, -0.1) is 0 Å². The second-order valence-corrected chi connectivity index (χ2v) is 5.43. The van der Waals surface area contributed by atoms with Gasteiger partial charge in [0.25, 0.3) is 5.91 Å². The molecule has 0 aliphatic heterocycles. The summed E-state index contributed by atoms with van der Waals surface area (Å²) in [7, 11) is 0. The number of carbonyl (C=O) groups is 2. The Kier molecular flexibility index (Phi) is 4.55. The molecule has 0 saturated heterocycles. The Morgan fingerprint density at radius 1 is 1.29 bits per heavy atom. The van der Waals surface area contributed by atoms with E-state index in [4.69, 9.17) is 5.11 Å². The highest BCUT2D eigenvalue weighted by atomic mass is 19.1. The predicted molar refractivity (Wildman–Crippen MR) is 71.9 cm³/mol. The van der Waals surface area contributed by atoms with E-state index in [0.717, 1.165) is 18.9 Å². The first kappa shape index (κ1) is 15.4. The van der Waals surface area contributed by atoms with Crippen molar-refractivity contribution in [2.24, 2.45) is 11.8 Å². The molecule has 1 amide bonds. The largest absolute Gasteiger partial charge is 0.481 e. The number of aryl methyl sites for hydroxylation is 1. The smallest absolute Gasteiger partial charge is 0.306 e. The summed E-state index contributed by atoms with van der Waals surface area (Å²) in [6, 6.07) is 1.84. The van der Waals surface area contributed by atoms with Gasteiger partial charge in [-0.25, -0.2) is 8.78 Å². The number of carboxylic acids is 1. The summed E-state index contributed by atoms with van der Waals surface area (Å²) in [6.45, 7) is 1.63. The van der Waals surface area contributed by atoms with Crippen molar-refractivity contribution in [1.29, 1.82) is 0 Å². The SMILES string of the molecule is Cc1cc(C(=O)NCC2CCCC2C(=O)O)c(F)cc1F. The molecule has 1 saturated carbocycles. The third kappa shape index (κ3) is 3.37. The number of hydrogen-bond donors (Lipinski definition) is 2. The molecule has 1 aliphatic carbocycles. The number of carboxylic acid groups (broad SMARTS) is 1. The molecule has 4 nitrogen and oxygen atoms in total. The first-order chi connectivity index (χ1) is 9.90. The first-order valence-corrected chi connectivity index (χ1v) is 6.86. The highest BCUT2D eigenvalue weighted by molar-refractivity contribution is 5.94. The Hall–Kier alpha value is -1.98. The molecule has 0 radical (unpaired) electrons. The van der Waals surface area contributed by atoms with Gasteiger partial charge in [-0.05, 0) is 37.3 Å². The zero-order valence-corrected chi connectivity index (χ0v) is 11.7. The fraction of sp³-hybridized carbons (Fsp3) is 0.467. The van der Waals surface area contributed by atoms with Crippen LogP contribution in [0.2, 0.25) is 0 Å². The number of rotatable bonds is 4. The molecule has 2 N–H and O–H groups in total. The Bertz CT molecular complexity index is 574. The minimum absolute atomic E-state index is 0.143.